The minimum absolute atomic E-state index is 0.398. The molecule has 1 N–H and O–H groups in total. The summed E-state index contributed by atoms with van der Waals surface area (Å²) in [6.45, 7) is 0. The third kappa shape index (κ3) is 1.30. The highest BCUT2D eigenvalue weighted by Gasteiger charge is 2.31. The van der Waals surface area contributed by atoms with E-state index in [1.165, 1.54) is 0 Å². The Morgan fingerprint density at radius 2 is 2.50 bits per heavy atom. The van der Waals surface area contributed by atoms with Gasteiger partial charge in [-0.25, -0.2) is 4.68 Å². The van der Waals surface area contributed by atoms with Crippen LogP contribution in [0.25, 0.3) is 0 Å². The van der Waals surface area contributed by atoms with Crippen LogP contribution in [0.3, 0.4) is 0 Å². The Morgan fingerprint density at radius 1 is 1.75 bits per heavy atom. The van der Waals surface area contributed by atoms with Crippen LogP contribution in [-0.2, 0) is 0 Å². The molecule has 1 heterocycles. The fourth-order valence-electron chi connectivity index (χ4n) is 1.18. The molecule has 1 fully saturated rings. The van der Waals surface area contributed by atoms with Gasteiger partial charge in [-0.15, -0.1) is 0 Å². The molecule has 12 heavy (non-hydrogen) atoms. The average Bonchev–Trinajstić information content (AvgIpc) is 2.82. The number of rotatable bonds is 3. The van der Waals surface area contributed by atoms with Gasteiger partial charge in [0.25, 0.3) is 0 Å². The van der Waals surface area contributed by atoms with Crippen LogP contribution in [-0.4, -0.2) is 22.0 Å². The monoisotopic (exact) mass is 168 g/mol. The summed E-state index contributed by atoms with van der Waals surface area (Å²) in [5, 5.41) is 13.6. The maximum absolute atomic E-state index is 9.61. The van der Waals surface area contributed by atoms with E-state index in [4.69, 9.17) is 4.74 Å². The van der Waals surface area contributed by atoms with E-state index < -0.39 is 6.23 Å². The first kappa shape index (κ1) is 7.61. The Balaban J connectivity index is 2.10. The van der Waals surface area contributed by atoms with E-state index in [9.17, 15) is 5.11 Å². The lowest BCUT2D eigenvalue weighted by atomic mass is 10.4. The van der Waals surface area contributed by atoms with E-state index in [0.717, 1.165) is 12.8 Å². The Hall–Kier alpha value is -1.03. The highest BCUT2D eigenvalue weighted by molar-refractivity contribution is 5.11. The van der Waals surface area contributed by atoms with Crippen molar-refractivity contribution in [3.05, 3.63) is 12.4 Å². The van der Waals surface area contributed by atoms with Crippen LogP contribution >= 0.6 is 0 Å². The topological polar surface area (TPSA) is 47.3 Å². The number of aliphatic hydroxyl groups is 1. The van der Waals surface area contributed by atoms with Gasteiger partial charge in [-0.2, -0.15) is 5.10 Å². The Labute approximate surface area is 70.8 Å². The van der Waals surface area contributed by atoms with Crippen molar-refractivity contribution in [3.8, 4) is 5.75 Å². The van der Waals surface area contributed by atoms with Crippen molar-refractivity contribution in [2.24, 2.45) is 5.92 Å². The lowest BCUT2D eigenvalue weighted by molar-refractivity contribution is 0.0679. The third-order valence-corrected chi connectivity index (χ3v) is 2.13. The van der Waals surface area contributed by atoms with Crippen molar-refractivity contribution < 1.29 is 9.84 Å². The summed E-state index contributed by atoms with van der Waals surface area (Å²) in [5.41, 5.74) is 0. The molecule has 1 aliphatic carbocycles. The molecule has 0 amide bonds. The van der Waals surface area contributed by atoms with E-state index in [0.29, 0.717) is 11.7 Å². The van der Waals surface area contributed by atoms with Gasteiger partial charge in [-0.05, 0) is 12.8 Å². The van der Waals surface area contributed by atoms with E-state index >= 15 is 0 Å². The molecule has 4 heteroatoms. The largest absolute Gasteiger partial charge is 0.493 e. The van der Waals surface area contributed by atoms with Crippen molar-refractivity contribution in [1.29, 1.82) is 0 Å². The van der Waals surface area contributed by atoms with Crippen molar-refractivity contribution in [2.75, 3.05) is 7.11 Å². The Kier molecular flexibility index (Phi) is 1.77. The number of methoxy groups -OCH3 is 1. The molecule has 0 aromatic carbocycles. The van der Waals surface area contributed by atoms with Gasteiger partial charge in [-0.1, -0.05) is 0 Å². The molecule has 0 aliphatic heterocycles. The molecule has 1 atom stereocenters. The van der Waals surface area contributed by atoms with Gasteiger partial charge < -0.3 is 9.84 Å². The van der Waals surface area contributed by atoms with Crippen LogP contribution in [0.15, 0.2) is 12.4 Å². The zero-order valence-electron chi connectivity index (χ0n) is 6.97. The van der Waals surface area contributed by atoms with E-state index in [2.05, 4.69) is 5.10 Å². The zero-order chi connectivity index (χ0) is 8.55. The van der Waals surface area contributed by atoms with Crippen LogP contribution in [0.2, 0.25) is 0 Å². The smallest absolute Gasteiger partial charge is 0.156 e. The highest BCUT2D eigenvalue weighted by atomic mass is 16.5. The predicted molar refractivity (Wildman–Crippen MR) is 42.8 cm³/mol. The standard InChI is InChI=1S/C8H12N2O2/c1-12-7-4-9-10(5-7)8(11)6-2-3-6/h4-6,8,11H,2-3H2,1H3. The maximum atomic E-state index is 9.61. The van der Waals surface area contributed by atoms with Crippen molar-refractivity contribution >= 4 is 0 Å². The molecule has 66 valence electrons. The summed E-state index contributed by atoms with van der Waals surface area (Å²) in [5.74, 6) is 1.09. The third-order valence-electron chi connectivity index (χ3n) is 2.13. The number of hydrogen-bond donors (Lipinski definition) is 1. The molecule has 1 unspecified atom stereocenters. The summed E-state index contributed by atoms with van der Waals surface area (Å²) in [6, 6.07) is 0. The molecule has 0 radical (unpaired) electrons. The molecule has 1 aromatic heterocycles. The first-order chi connectivity index (χ1) is 5.81. The summed E-state index contributed by atoms with van der Waals surface area (Å²) in [4.78, 5) is 0. The summed E-state index contributed by atoms with van der Waals surface area (Å²) < 4.78 is 6.50. The lowest BCUT2D eigenvalue weighted by Gasteiger charge is -2.07. The molecule has 0 saturated heterocycles. The molecule has 0 bridgehead atoms. The molecule has 0 spiro atoms. The zero-order valence-corrected chi connectivity index (χ0v) is 6.97. The highest BCUT2D eigenvalue weighted by Crippen LogP contribution is 2.37. The van der Waals surface area contributed by atoms with Crippen LogP contribution in [0.5, 0.6) is 5.75 Å². The molecule has 1 saturated carbocycles. The minimum Gasteiger partial charge on any atom is -0.493 e. The molecular formula is C8H12N2O2. The van der Waals surface area contributed by atoms with Gasteiger partial charge in [0.05, 0.1) is 19.5 Å². The van der Waals surface area contributed by atoms with Crippen LogP contribution in [0.1, 0.15) is 19.1 Å². The fourth-order valence-corrected chi connectivity index (χ4v) is 1.18. The summed E-state index contributed by atoms with van der Waals surface area (Å²) in [6.07, 6.45) is 5.05. The Bertz CT molecular complexity index is 268. The van der Waals surface area contributed by atoms with Gasteiger partial charge in [0.2, 0.25) is 0 Å². The second kappa shape index (κ2) is 2.79. The summed E-state index contributed by atoms with van der Waals surface area (Å²) in [7, 11) is 1.59. The number of aromatic nitrogens is 2. The molecule has 1 aliphatic rings. The van der Waals surface area contributed by atoms with E-state index in [-0.39, 0.29) is 0 Å². The SMILES string of the molecule is COc1cnn(C(O)C2CC2)c1. The van der Waals surface area contributed by atoms with Crippen LogP contribution in [0, 0.1) is 5.92 Å². The first-order valence-corrected chi connectivity index (χ1v) is 4.07. The predicted octanol–water partition coefficient (Wildman–Crippen LogP) is 0.793. The van der Waals surface area contributed by atoms with Gasteiger partial charge in [0.15, 0.2) is 5.75 Å². The molecule has 4 nitrogen and oxygen atoms in total. The number of ether oxygens (including phenoxy) is 1. The van der Waals surface area contributed by atoms with Crippen molar-refractivity contribution in [3.63, 3.8) is 0 Å². The second-order valence-corrected chi connectivity index (χ2v) is 3.11. The lowest BCUT2D eigenvalue weighted by Crippen LogP contribution is -2.10. The van der Waals surface area contributed by atoms with Gasteiger partial charge in [0.1, 0.15) is 6.23 Å². The number of nitrogens with zero attached hydrogens (tertiary/aromatic N) is 2. The Morgan fingerprint density at radius 3 is 3.00 bits per heavy atom. The minimum atomic E-state index is -0.464. The van der Waals surface area contributed by atoms with Gasteiger partial charge >= 0.3 is 0 Å². The van der Waals surface area contributed by atoms with Gasteiger partial charge in [0, 0.05) is 5.92 Å². The van der Waals surface area contributed by atoms with Crippen molar-refractivity contribution in [1.82, 2.24) is 9.78 Å². The molecule has 2 rings (SSSR count). The average molecular weight is 168 g/mol. The first-order valence-electron chi connectivity index (χ1n) is 4.07. The summed E-state index contributed by atoms with van der Waals surface area (Å²) >= 11 is 0. The second-order valence-electron chi connectivity index (χ2n) is 3.11. The molecule has 1 aromatic rings. The van der Waals surface area contributed by atoms with E-state index in [1.54, 1.807) is 24.2 Å². The van der Waals surface area contributed by atoms with Crippen molar-refractivity contribution in [2.45, 2.75) is 19.1 Å². The van der Waals surface area contributed by atoms with Crippen LogP contribution < -0.4 is 4.74 Å². The fraction of sp³-hybridized carbons (Fsp3) is 0.625. The van der Waals surface area contributed by atoms with Gasteiger partial charge in [-0.3, -0.25) is 0 Å². The van der Waals surface area contributed by atoms with E-state index in [1.807, 2.05) is 0 Å². The normalized spacial score (nSPS) is 19.2. The quantitative estimate of drug-likeness (QED) is 0.726. The maximum Gasteiger partial charge on any atom is 0.156 e. The van der Waals surface area contributed by atoms with Crippen LogP contribution in [0.4, 0.5) is 0 Å². The molecular weight excluding hydrogens is 156 g/mol. The number of aliphatic hydroxyl groups excluding tert-OH is 1. The number of hydrogen-bond acceptors (Lipinski definition) is 3.